The van der Waals surface area contributed by atoms with Crippen LogP contribution in [-0.4, -0.2) is 38.7 Å². The number of rotatable bonds is 4. The zero-order valence-electron chi connectivity index (χ0n) is 17.0. The van der Waals surface area contributed by atoms with E-state index < -0.39 is 0 Å². The summed E-state index contributed by atoms with van der Waals surface area (Å²) in [6.07, 6.45) is 4.04. The molecule has 1 fully saturated rings. The zero-order chi connectivity index (χ0) is 20.5. The lowest BCUT2D eigenvalue weighted by molar-refractivity contribution is 0.0678. The lowest BCUT2D eigenvalue weighted by atomic mass is 9.99. The SMILES string of the molecule is C[C@H]1CCCN(C(=O)c2nn(Cc3ccccc3)c3nccc(-c4cccs4)c23)C1. The molecule has 1 saturated heterocycles. The predicted octanol–water partition coefficient (Wildman–Crippen LogP) is 5.08. The molecule has 152 valence electrons. The molecule has 1 atom stereocenters. The number of hydrogen-bond acceptors (Lipinski definition) is 4. The summed E-state index contributed by atoms with van der Waals surface area (Å²) >= 11 is 1.67. The maximum Gasteiger partial charge on any atom is 0.275 e. The van der Waals surface area contributed by atoms with Gasteiger partial charge in [-0.2, -0.15) is 5.10 Å². The van der Waals surface area contributed by atoms with Gasteiger partial charge in [-0.1, -0.05) is 43.3 Å². The fourth-order valence-electron chi connectivity index (χ4n) is 4.28. The maximum atomic E-state index is 13.6. The van der Waals surface area contributed by atoms with Gasteiger partial charge in [-0.05, 0) is 41.8 Å². The van der Waals surface area contributed by atoms with Gasteiger partial charge in [0.15, 0.2) is 11.3 Å². The van der Waals surface area contributed by atoms with Crippen LogP contribution in [0.15, 0.2) is 60.1 Å². The highest BCUT2D eigenvalue weighted by molar-refractivity contribution is 7.13. The van der Waals surface area contributed by atoms with Crippen molar-refractivity contribution in [1.82, 2.24) is 19.7 Å². The van der Waals surface area contributed by atoms with E-state index in [1.807, 2.05) is 46.1 Å². The molecule has 0 spiro atoms. The van der Waals surface area contributed by atoms with Crippen LogP contribution in [0.2, 0.25) is 0 Å². The van der Waals surface area contributed by atoms with E-state index in [4.69, 9.17) is 5.10 Å². The Labute approximate surface area is 180 Å². The van der Waals surface area contributed by atoms with E-state index in [-0.39, 0.29) is 5.91 Å². The molecule has 0 bridgehead atoms. The van der Waals surface area contributed by atoms with Gasteiger partial charge in [0.1, 0.15) is 0 Å². The smallest absolute Gasteiger partial charge is 0.275 e. The van der Waals surface area contributed by atoms with Crippen LogP contribution in [0.25, 0.3) is 21.5 Å². The number of aromatic nitrogens is 3. The summed E-state index contributed by atoms with van der Waals surface area (Å²) in [4.78, 5) is 21.3. The van der Waals surface area contributed by atoms with Gasteiger partial charge >= 0.3 is 0 Å². The fourth-order valence-corrected chi connectivity index (χ4v) is 5.03. The topological polar surface area (TPSA) is 51.0 Å². The van der Waals surface area contributed by atoms with Gasteiger partial charge in [-0.15, -0.1) is 11.3 Å². The molecule has 4 heterocycles. The number of amides is 1. The number of carbonyl (C=O) groups is 1. The second kappa shape index (κ2) is 8.03. The second-order valence-corrected chi connectivity index (χ2v) is 8.97. The first kappa shape index (κ1) is 19.0. The Hall–Kier alpha value is -2.99. The van der Waals surface area contributed by atoms with Crippen LogP contribution in [0.3, 0.4) is 0 Å². The molecule has 5 rings (SSSR count). The average molecular weight is 417 g/mol. The number of fused-ring (bicyclic) bond motifs is 1. The highest BCUT2D eigenvalue weighted by Gasteiger charge is 2.28. The Morgan fingerprint density at radius 1 is 1.17 bits per heavy atom. The average Bonchev–Trinajstić information content (AvgIpc) is 3.43. The maximum absolute atomic E-state index is 13.6. The molecule has 1 aromatic carbocycles. The number of thiophene rings is 1. The number of nitrogens with zero attached hydrogens (tertiary/aromatic N) is 4. The van der Waals surface area contributed by atoms with E-state index >= 15 is 0 Å². The van der Waals surface area contributed by atoms with Crippen LogP contribution < -0.4 is 0 Å². The van der Waals surface area contributed by atoms with Crippen LogP contribution in [0.5, 0.6) is 0 Å². The van der Waals surface area contributed by atoms with Crippen molar-refractivity contribution >= 4 is 28.3 Å². The number of likely N-dealkylation sites (tertiary alicyclic amines) is 1. The van der Waals surface area contributed by atoms with Crippen LogP contribution in [-0.2, 0) is 6.54 Å². The predicted molar refractivity (Wildman–Crippen MR) is 121 cm³/mol. The van der Waals surface area contributed by atoms with Crippen molar-refractivity contribution in [3.8, 4) is 10.4 Å². The molecule has 0 N–H and O–H groups in total. The summed E-state index contributed by atoms with van der Waals surface area (Å²) in [5.74, 6) is 0.541. The summed E-state index contributed by atoms with van der Waals surface area (Å²) in [5, 5.41) is 7.74. The van der Waals surface area contributed by atoms with Gasteiger partial charge in [-0.25, -0.2) is 9.67 Å². The van der Waals surface area contributed by atoms with Gasteiger partial charge in [0.05, 0.1) is 11.9 Å². The van der Waals surface area contributed by atoms with Crippen LogP contribution in [0, 0.1) is 5.92 Å². The van der Waals surface area contributed by atoms with Gasteiger partial charge in [0, 0.05) is 29.7 Å². The Kier molecular flexibility index (Phi) is 5.09. The molecular formula is C24H24N4OS. The van der Waals surface area contributed by atoms with Crippen molar-refractivity contribution in [3.05, 3.63) is 71.4 Å². The quantitative estimate of drug-likeness (QED) is 0.466. The molecule has 6 heteroatoms. The molecule has 3 aromatic heterocycles. The van der Waals surface area contributed by atoms with Crippen molar-refractivity contribution in [3.63, 3.8) is 0 Å². The summed E-state index contributed by atoms with van der Waals surface area (Å²) < 4.78 is 1.88. The molecule has 4 aromatic rings. The zero-order valence-corrected chi connectivity index (χ0v) is 17.8. The largest absolute Gasteiger partial charge is 0.337 e. The third kappa shape index (κ3) is 3.52. The Bertz CT molecular complexity index is 1170. The number of hydrogen-bond donors (Lipinski definition) is 0. The van der Waals surface area contributed by atoms with E-state index in [1.165, 1.54) is 6.42 Å². The second-order valence-electron chi connectivity index (χ2n) is 8.02. The van der Waals surface area contributed by atoms with Crippen LogP contribution in [0.1, 0.15) is 35.8 Å². The van der Waals surface area contributed by atoms with Crippen molar-refractivity contribution in [2.45, 2.75) is 26.3 Å². The third-order valence-electron chi connectivity index (χ3n) is 5.74. The Morgan fingerprint density at radius 2 is 2.03 bits per heavy atom. The first-order chi connectivity index (χ1) is 14.7. The normalized spacial score (nSPS) is 16.8. The Balaban J connectivity index is 1.65. The Morgan fingerprint density at radius 3 is 2.80 bits per heavy atom. The number of piperidine rings is 1. The van der Waals surface area contributed by atoms with E-state index in [0.29, 0.717) is 18.2 Å². The van der Waals surface area contributed by atoms with Crippen molar-refractivity contribution in [1.29, 1.82) is 0 Å². The molecule has 0 radical (unpaired) electrons. The van der Waals surface area contributed by atoms with Crippen molar-refractivity contribution < 1.29 is 4.79 Å². The fraction of sp³-hybridized carbons (Fsp3) is 0.292. The molecule has 1 aliphatic rings. The highest BCUT2D eigenvalue weighted by atomic mass is 32.1. The van der Waals surface area contributed by atoms with E-state index in [1.54, 1.807) is 11.3 Å². The summed E-state index contributed by atoms with van der Waals surface area (Å²) in [5.41, 5.74) is 3.45. The lowest BCUT2D eigenvalue weighted by Gasteiger charge is -2.30. The van der Waals surface area contributed by atoms with Gasteiger partial charge in [0.2, 0.25) is 0 Å². The summed E-state index contributed by atoms with van der Waals surface area (Å²) in [7, 11) is 0. The van der Waals surface area contributed by atoms with Crippen LogP contribution in [0.4, 0.5) is 0 Å². The molecule has 1 amide bonds. The van der Waals surface area contributed by atoms with E-state index in [9.17, 15) is 4.79 Å². The molecule has 0 unspecified atom stereocenters. The minimum Gasteiger partial charge on any atom is -0.337 e. The monoisotopic (exact) mass is 416 g/mol. The standard InChI is InChI=1S/C24H24N4OS/c1-17-7-5-13-27(15-17)24(29)22-21-19(20-10-6-14-30-20)11-12-25-23(21)28(26-22)16-18-8-3-2-4-9-18/h2-4,6,8-12,14,17H,5,7,13,15-16H2,1H3/t17-/m0/s1. The van der Waals surface area contributed by atoms with E-state index in [0.717, 1.165) is 46.5 Å². The van der Waals surface area contributed by atoms with Gasteiger partial charge in [0.25, 0.3) is 5.91 Å². The van der Waals surface area contributed by atoms with Crippen LogP contribution >= 0.6 is 11.3 Å². The highest BCUT2D eigenvalue weighted by Crippen LogP contribution is 2.34. The van der Waals surface area contributed by atoms with Gasteiger partial charge in [-0.3, -0.25) is 4.79 Å². The minimum atomic E-state index is 0.0177. The van der Waals surface area contributed by atoms with Crippen molar-refractivity contribution in [2.75, 3.05) is 13.1 Å². The molecule has 30 heavy (non-hydrogen) atoms. The molecule has 5 nitrogen and oxygen atoms in total. The molecular weight excluding hydrogens is 392 g/mol. The lowest BCUT2D eigenvalue weighted by Crippen LogP contribution is -2.39. The first-order valence-corrected chi connectivity index (χ1v) is 11.3. The van der Waals surface area contributed by atoms with Gasteiger partial charge < -0.3 is 4.90 Å². The summed E-state index contributed by atoms with van der Waals surface area (Å²) in [6, 6.07) is 16.3. The number of carbonyl (C=O) groups excluding carboxylic acids is 1. The summed E-state index contributed by atoms with van der Waals surface area (Å²) in [6.45, 7) is 4.39. The first-order valence-electron chi connectivity index (χ1n) is 10.4. The van der Waals surface area contributed by atoms with Crippen molar-refractivity contribution in [2.24, 2.45) is 5.92 Å². The third-order valence-corrected chi connectivity index (χ3v) is 6.64. The molecule has 1 aliphatic heterocycles. The minimum absolute atomic E-state index is 0.0177. The number of benzene rings is 1. The van der Waals surface area contributed by atoms with E-state index in [2.05, 4.69) is 35.5 Å². The number of pyridine rings is 1. The molecule has 0 saturated carbocycles. The molecule has 0 aliphatic carbocycles.